The average molecular weight is 263 g/mol. The van der Waals surface area contributed by atoms with Crippen LogP contribution in [0.4, 0.5) is 0 Å². The molecule has 3 aliphatic rings. The fourth-order valence-corrected chi connectivity index (χ4v) is 5.02. The van der Waals surface area contributed by atoms with E-state index in [0.717, 1.165) is 23.7 Å². The van der Waals surface area contributed by atoms with Crippen molar-refractivity contribution in [1.82, 2.24) is 5.32 Å². The first-order valence-corrected chi connectivity index (χ1v) is 8.88. The summed E-state index contributed by atoms with van der Waals surface area (Å²) in [4.78, 5) is 0. The van der Waals surface area contributed by atoms with Crippen LogP contribution in [0.3, 0.4) is 0 Å². The number of fused-ring (bicyclic) bond motifs is 1. The fourth-order valence-electron chi connectivity index (χ4n) is 5.02. The van der Waals surface area contributed by atoms with Gasteiger partial charge in [-0.1, -0.05) is 46.0 Å². The fraction of sp³-hybridized carbons (Fsp3) is 1.00. The summed E-state index contributed by atoms with van der Waals surface area (Å²) in [6.07, 6.45) is 13.8. The number of hydrogen-bond donors (Lipinski definition) is 1. The summed E-state index contributed by atoms with van der Waals surface area (Å²) in [5, 5.41) is 3.80. The molecule has 0 heterocycles. The minimum absolute atomic E-state index is 0.699. The van der Waals surface area contributed by atoms with Gasteiger partial charge in [0.05, 0.1) is 0 Å². The molecule has 0 saturated heterocycles. The van der Waals surface area contributed by atoms with E-state index in [1.165, 1.54) is 45.2 Å². The van der Waals surface area contributed by atoms with Crippen molar-refractivity contribution in [2.45, 2.75) is 71.6 Å². The van der Waals surface area contributed by atoms with Crippen molar-refractivity contribution in [3.05, 3.63) is 0 Å². The number of nitrogens with one attached hydrogen (secondary N) is 1. The molecular formula is C18H33N. The predicted molar refractivity (Wildman–Crippen MR) is 82.2 cm³/mol. The minimum atomic E-state index is 0.699. The standard InChI is InChI=1S/C18H33N/c1-14(2)12-19-13-18(10-16-8-17(16)11-18)9-15-6-4-3-5-7-15/h14-17,19H,3-13H2,1-2H3. The van der Waals surface area contributed by atoms with Crippen molar-refractivity contribution in [3.63, 3.8) is 0 Å². The Morgan fingerprint density at radius 1 is 1.05 bits per heavy atom. The molecule has 3 fully saturated rings. The molecule has 0 aliphatic heterocycles. The van der Waals surface area contributed by atoms with Crippen LogP contribution in [-0.4, -0.2) is 13.1 Å². The maximum Gasteiger partial charge on any atom is 0.000823 e. The molecular weight excluding hydrogens is 230 g/mol. The predicted octanol–water partition coefficient (Wildman–Crippen LogP) is 4.62. The Balaban J connectivity index is 1.53. The van der Waals surface area contributed by atoms with Crippen LogP contribution in [0.2, 0.25) is 0 Å². The second kappa shape index (κ2) is 5.76. The Labute approximate surface area is 119 Å². The molecule has 3 aliphatic carbocycles. The van der Waals surface area contributed by atoms with Gasteiger partial charge in [-0.15, -0.1) is 0 Å². The van der Waals surface area contributed by atoms with Gasteiger partial charge >= 0.3 is 0 Å². The van der Waals surface area contributed by atoms with Crippen molar-refractivity contribution in [2.24, 2.45) is 29.1 Å². The minimum Gasteiger partial charge on any atom is -0.316 e. The summed E-state index contributed by atoms with van der Waals surface area (Å²) in [6, 6.07) is 0. The molecule has 3 rings (SSSR count). The van der Waals surface area contributed by atoms with Gasteiger partial charge in [0.2, 0.25) is 0 Å². The first kappa shape index (κ1) is 13.9. The van der Waals surface area contributed by atoms with Crippen LogP contribution < -0.4 is 5.32 Å². The smallest absolute Gasteiger partial charge is 0.000823 e. The van der Waals surface area contributed by atoms with Crippen LogP contribution in [0.25, 0.3) is 0 Å². The summed E-state index contributed by atoms with van der Waals surface area (Å²) in [6.45, 7) is 7.18. The Bertz CT molecular complexity index is 280. The topological polar surface area (TPSA) is 12.0 Å². The normalized spacial score (nSPS) is 38.7. The van der Waals surface area contributed by atoms with Crippen molar-refractivity contribution in [3.8, 4) is 0 Å². The van der Waals surface area contributed by atoms with E-state index in [0.29, 0.717) is 5.41 Å². The first-order chi connectivity index (χ1) is 9.17. The highest BCUT2D eigenvalue weighted by molar-refractivity contribution is 5.04. The zero-order valence-corrected chi connectivity index (χ0v) is 13.1. The van der Waals surface area contributed by atoms with Crippen molar-refractivity contribution in [2.75, 3.05) is 13.1 Å². The molecule has 0 aromatic carbocycles. The van der Waals surface area contributed by atoms with Crippen LogP contribution in [0.5, 0.6) is 0 Å². The summed E-state index contributed by atoms with van der Waals surface area (Å²) in [7, 11) is 0. The quantitative estimate of drug-likeness (QED) is 0.737. The van der Waals surface area contributed by atoms with Gasteiger partial charge in [-0.2, -0.15) is 0 Å². The van der Waals surface area contributed by atoms with Gasteiger partial charge < -0.3 is 5.32 Å². The summed E-state index contributed by atoms with van der Waals surface area (Å²) in [5.74, 6) is 4.11. The average Bonchev–Trinajstić information content (AvgIpc) is 2.98. The molecule has 2 unspecified atom stereocenters. The van der Waals surface area contributed by atoms with E-state index in [-0.39, 0.29) is 0 Å². The lowest BCUT2D eigenvalue weighted by Gasteiger charge is -2.36. The zero-order valence-electron chi connectivity index (χ0n) is 13.1. The molecule has 3 saturated carbocycles. The van der Waals surface area contributed by atoms with Gasteiger partial charge in [-0.25, -0.2) is 0 Å². The highest BCUT2D eigenvalue weighted by atomic mass is 14.9. The summed E-state index contributed by atoms with van der Waals surface area (Å²) >= 11 is 0. The van der Waals surface area contributed by atoms with E-state index in [4.69, 9.17) is 0 Å². The monoisotopic (exact) mass is 263 g/mol. The lowest BCUT2D eigenvalue weighted by atomic mass is 9.71. The Hall–Kier alpha value is -0.0400. The molecule has 1 nitrogen and oxygen atoms in total. The highest BCUT2D eigenvalue weighted by Gasteiger charge is 2.53. The number of hydrogen-bond acceptors (Lipinski definition) is 1. The van der Waals surface area contributed by atoms with Crippen LogP contribution in [0.1, 0.15) is 71.6 Å². The van der Waals surface area contributed by atoms with E-state index in [2.05, 4.69) is 19.2 Å². The van der Waals surface area contributed by atoms with E-state index in [1.807, 2.05) is 0 Å². The molecule has 0 bridgehead atoms. The van der Waals surface area contributed by atoms with E-state index in [1.54, 1.807) is 25.7 Å². The maximum absolute atomic E-state index is 3.80. The van der Waals surface area contributed by atoms with E-state index < -0.39 is 0 Å². The number of rotatable bonds is 6. The Morgan fingerprint density at radius 2 is 1.74 bits per heavy atom. The molecule has 0 radical (unpaired) electrons. The molecule has 1 heteroatoms. The van der Waals surface area contributed by atoms with Gasteiger partial charge in [0.25, 0.3) is 0 Å². The highest BCUT2D eigenvalue weighted by Crippen LogP contribution is 2.62. The lowest BCUT2D eigenvalue weighted by molar-refractivity contribution is 0.164. The van der Waals surface area contributed by atoms with Gasteiger partial charge in [0.15, 0.2) is 0 Å². The third kappa shape index (κ3) is 3.54. The van der Waals surface area contributed by atoms with Gasteiger partial charge in [0.1, 0.15) is 0 Å². The molecule has 1 N–H and O–H groups in total. The van der Waals surface area contributed by atoms with Gasteiger partial charge in [-0.05, 0) is 61.3 Å². The second-order valence-electron chi connectivity index (χ2n) is 8.40. The molecule has 2 atom stereocenters. The second-order valence-corrected chi connectivity index (χ2v) is 8.40. The molecule has 0 spiro atoms. The van der Waals surface area contributed by atoms with Crippen molar-refractivity contribution in [1.29, 1.82) is 0 Å². The Morgan fingerprint density at radius 3 is 2.37 bits per heavy atom. The van der Waals surface area contributed by atoms with Gasteiger partial charge in [0, 0.05) is 6.54 Å². The maximum atomic E-state index is 3.80. The molecule has 19 heavy (non-hydrogen) atoms. The first-order valence-electron chi connectivity index (χ1n) is 8.88. The van der Waals surface area contributed by atoms with Crippen LogP contribution in [-0.2, 0) is 0 Å². The van der Waals surface area contributed by atoms with Crippen LogP contribution >= 0.6 is 0 Å². The summed E-state index contributed by atoms with van der Waals surface area (Å²) in [5.41, 5.74) is 0.699. The van der Waals surface area contributed by atoms with Crippen molar-refractivity contribution >= 4 is 0 Å². The lowest BCUT2D eigenvalue weighted by Crippen LogP contribution is -2.37. The molecule has 0 amide bonds. The third-order valence-electron chi connectivity index (χ3n) is 5.96. The zero-order chi connectivity index (χ0) is 13.3. The van der Waals surface area contributed by atoms with E-state index in [9.17, 15) is 0 Å². The third-order valence-corrected chi connectivity index (χ3v) is 5.96. The summed E-state index contributed by atoms with van der Waals surface area (Å²) < 4.78 is 0. The van der Waals surface area contributed by atoms with Crippen LogP contribution in [0.15, 0.2) is 0 Å². The SMILES string of the molecule is CC(C)CNCC1(CC2CCCCC2)CC2CC2C1. The molecule has 110 valence electrons. The molecule has 0 aromatic heterocycles. The van der Waals surface area contributed by atoms with Crippen LogP contribution in [0, 0.1) is 29.1 Å². The molecule has 0 aromatic rings. The van der Waals surface area contributed by atoms with Gasteiger partial charge in [-0.3, -0.25) is 0 Å². The largest absolute Gasteiger partial charge is 0.316 e. The van der Waals surface area contributed by atoms with Crippen molar-refractivity contribution < 1.29 is 0 Å². The Kier molecular flexibility index (Phi) is 4.22. The van der Waals surface area contributed by atoms with E-state index >= 15 is 0 Å².